The van der Waals surface area contributed by atoms with E-state index in [2.05, 4.69) is 86.1 Å². The maximum absolute atomic E-state index is 2.37. The Morgan fingerprint density at radius 3 is 2.42 bits per heavy atom. The number of fused-ring (bicyclic) bond motifs is 6. The number of aryl methyl sites for hydroxylation is 1. The van der Waals surface area contributed by atoms with Crippen molar-refractivity contribution in [3.63, 3.8) is 0 Å². The molecule has 0 bridgehead atoms. The van der Waals surface area contributed by atoms with Gasteiger partial charge in [-0.05, 0) is 35.4 Å². The number of para-hydroxylation sites is 1. The summed E-state index contributed by atoms with van der Waals surface area (Å²) in [5.74, 6) is 0. The van der Waals surface area contributed by atoms with Gasteiger partial charge in [-0.2, -0.15) is 0 Å². The number of hydrogen-bond acceptors (Lipinski definition) is 1. The highest BCUT2D eigenvalue weighted by molar-refractivity contribution is 7.99. The largest absolute Gasteiger partial charge is 0.344 e. The van der Waals surface area contributed by atoms with Gasteiger partial charge in [-0.15, -0.1) is 0 Å². The van der Waals surface area contributed by atoms with E-state index >= 15 is 0 Å². The molecule has 1 aromatic heterocycles. The summed E-state index contributed by atoms with van der Waals surface area (Å²) >= 11 is 1.91. The predicted octanol–water partition coefficient (Wildman–Crippen LogP) is 6.12. The first-order chi connectivity index (χ1) is 11.6. The molecular formula is C22H19NS. The lowest BCUT2D eigenvalue weighted by Crippen LogP contribution is -2.24. The third kappa shape index (κ3) is 1.67. The second kappa shape index (κ2) is 4.67. The molecule has 2 heterocycles. The summed E-state index contributed by atoms with van der Waals surface area (Å²) in [5, 5.41) is 2.78. The molecule has 2 heteroatoms. The van der Waals surface area contributed by atoms with Gasteiger partial charge in [-0.1, -0.05) is 62.0 Å². The Bertz CT molecular complexity index is 1120. The highest BCUT2D eigenvalue weighted by atomic mass is 32.2. The van der Waals surface area contributed by atoms with E-state index in [1.54, 1.807) is 0 Å². The van der Waals surface area contributed by atoms with Crippen LogP contribution < -0.4 is 0 Å². The number of hydrogen-bond donors (Lipinski definition) is 0. The molecule has 24 heavy (non-hydrogen) atoms. The summed E-state index contributed by atoms with van der Waals surface area (Å²) in [6.07, 6.45) is 0. The Kier molecular flexibility index (Phi) is 2.76. The van der Waals surface area contributed by atoms with Gasteiger partial charge < -0.3 is 4.57 Å². The van der Waals surface area contributed by atoms with Crippen LogP contribution in [-0.2, 0) is 12.5 Å². The number of benzene rings is 3. The minimum absolute atomic E-state index is 0.000805. The lowest BCUT2D eigenvalue weighted by atomic mass is 9.76. The zero-order chi connectivity index (χ0) is 16.5. The molecule has 0 N–H and O–H groups in total. The summed E-state index contributed by atoms with van der Waals surface area (Å²) in [7, 11) is 2.17. The van der Waals surface area contributed by atoms with Crippen molar-refractivity contribution in [3.05, 3.63) is 71.8 Å². The number of rotatable bonds is 0. The summed E-state index contributed by atoms with van der Waals surface area (Å²) in [6.45, 7) is 4.73. The van der Waals surface area contributed by atoms with E-state index in [0.29, 0.717) is 0 Å². The third-order valence-corrected chi connectivity index (χ3v) is 6.58. The van der Waals surface area contributed by atoms with E-state index in [0.717, 1.165) is 0 Å². The SMILES string of the molecule is Cn1c2ccccc2c2c3c(ccc21)Sc1ccccc1C3(C)C. The van der Waals surface area contributed by atoms with Crippen molar-refractivity contribution in [2.75, 3.05) is 0 Å². The maximum atomic E-state index is 2.37. The average Bonchev–Trinajstić information content (AvgIpc) is 2.88. The number of aromatic nitrogens is 1. The van der Waals surface area contributed by atoms with Crippen LogP contribution in [0.25, 0.3) is 21.8 Å². The quantitative estimate of drug-likeness (QED) is 0.376. The zero-order valence-corrected chi connectivity index (χ0v) is 14.9. The van der Waals surface area contributed by atoms with Crippen LogP contribution in [0.4, 0.5) is 0 Å². The van der Waals surface area contributed by atoms with Gasteiger partial charge >= 0.3 is 0 Å². The summed E-state index contributed by atoms with van der Waals surface area (Å²) in [6, 6.07) is 22.2. The van der Waals surface area contributed by atoms with E-state index in [4.69, 9.17) is 0 Å². The smallest absolute Gasteiger partial charge is 0.0492 e. The van der Waals surface area contributed by atoms with Crippen molar-refractivity contribution in [2.45, 2.75) is 29.1 Å². The molecule has 1 nitrogen and oxygen atoms in total. The number of nitrogens with zero attached hydrogens (tertiary/aromatic N) is 1. The van der Waals surface area contributed by atoms with Gasteiger partial charge in [0, 0.05) is 44.1 Å². The molecular weight excluding hydrogens is 310 g/mol. The first-order valence-corrected chi connectivity index (χ1v) is 9.18. The van der Waals surface area contributed by atoms with E-state index in [9.17, 15) is 0 Å². The normalized spacial score (nSPS) is 15.5. The Labute approximate surface area is 146 Å². The Morgan fingerprint density at radius 1 is 0.792 bits per heavy atom. The van der Waals surface area contributed by atoms with Crippen LogP contribution in [0.1, 0.15) is 25.0 Å². The van der Waals surface area contributed by atoms with Gasteiger partial charge in [0.25, 0.3) is 0 Å². The van der Waals surface area contributed by atoms with E-state index in [1.807, 2.05) is 11.8 Å². The van der Waals surface area contributed by atoms with E-state index < -0.39 is 0 Å². The molecule has 0 aliphatic carbocycles. The summed E-state index contributed by atoms with van der Waals surface area (Å²) in [4.78, 5) is 2.78. The average molecular weight is 329 g/mol. The Balaban J connectivity index is 1.98. The third-order valence-electron chi connectivity index (χ3n) is 5.45. The van der Waals surface area contributed by atoms with Crippen LogP contribution in [0.2, 0.25) is 0 Å². The standard InChI is InChI=1S/C22H19NS/c1-22(2)15-9-5-7-11-18(15)24-19-13-12-17-20(21(19)22)14-8-4-6-10-16(14)23(17)3/h4-13H,1-3H3. The highest BCUT2D eigenvalue weighted by Gasteiger charge is 2.35. The monoisotopic (exact) mass is 329 g/mol. The molecule has 118 valence electrons. The molecule has 0 atom stereocenters. The van der Waals surface area contributed by atoms with Crippen LogP contribution >= 0.6 is 11.8 Å². The Hall–Kier alpha value is -2.19. The van der Waals surface area contributed by atoms with Crippen LogP contribution in [0.3, 0.4) is 0 Å². The summed E-state index contributed by atoms with van der Waals surface area (Å²) < 4.78 is 2.33. The topological polar surface area (TPSA) is 4.93 Å². The molecule has 1 aliphatic rings. The van der Waals surface area contributed by atoms with Gasteiger partial charge in [0.2, 0.25) is 0 Å². The molecule has 0 saturated carbocycles. The van der Waals surface area contributed by atoms with Crippen molar-refractivity contribution in [1.29, 1.82) is 0 Å². The fourth-order valence-electron chi connectivity index (χ4n) is 4.26. The lowest BCUT2D eigenvalue weighted by Gasteiger charge is -2.35. The first kappa shape index (κ1) is 14.2. The van der Waals surface area contributed by atoms with Crippen LogP contribution in [0, 0.1) is 0 Å². The summed E-state index contributed by atoms with van der Waals surface area (Å²) in [5.41, 5.74) is 5.54. The molecule has 1 aliphatic heterocycles. The minimum Gasteiger partial charge on any atom is -0.344 e. The van der Waals surface area contributed by atoms with E-state index in [-0.39, 0.29) is 5.41 Å². The van der Waals surface area contributed by atoms with Crippen molar-refractivity contribution in [3.8, 4) is 0 Å². The molecule has 0 unspecified atom stereocenters. The molecule has 0 spiro atoms. The van der Waals surface area contributed by atoms with Gasteiger partial charge in [-0.3, -0.25) is 0 Å². The van der Waals surface area contributed by atoms with Crippen molar-refractivity contribution < 1.29 is 0 Å². The second-order valence-corrected chi connectivity index (χ2v) is 8.22. The van der Waals surface area contributed by atoms with Gasteiger partial charge in [0.15, 0.2) is 0 Å². The van der Waals surface area contributed by atoms with Gasteiger partial charge in [0.1, 0.15) is 0 Å². The first-order valence-electron chi connectivity index (χ1n) is 8.37. The van der Waals surface area contributed by atoms with Crippen molar-refractivity contribution in [2.24, 2.45) is 7.05 Å². The highest BCUT2D eigenvalue weighted by Crippen LogP contribution is 2.52. The lowest BCUT2D eigenvalue weighted by molar-refractivity contribution is 0.614. The molecule has 0 radical (unpaired) electrons. The van der Waals surface area contributed by atoms with E-state index in [1.165, 1.54) is 42.7 Å². The van der Waals surface area contributed by atoms with Crippen LogP contribution in [-0.4, -0.2) is 4.57 Å². The zero-order valence-electron chi connectivity index (χ0n) is 14.1. The molecule has 0 saturated heterocycles. The van der Waals surface area contributed by atoms with Crippen molar-refractivity contribution in [1.82, 2.24) is 4.57 Å². The molecule has 3 aromatic carbocycles. The second-order valence-electron chi connectivity index (χ2n) is 7.13. The van der Waals surface area contributed by atoms with Gasteiger partial charge in [0.05, 0.1) is 0 Å². The van der Waals surface area contributed by atoms with Crippen LogP contribution in [0.15, 0.2) is 70.5 Å². The molecule has 4 aromatic rings. The van der Waals surface area contributed by atoms with Crippen molar-refractivity contribution >= 4 is 33.6 Å². The molecule has 5 rings (SSSR count). The fourth-order valence-corrected chi connectivity index (χ4v) is 5.67. The predicted molar refractivity (Wildman–Crippen MR) is 103 cm³/mol. The Morgan fingerprint density at radius 2 is 1.54 bits per heavy atom. The maximum Gasteiger partial charge on any atom is 0.0492 e. The van der Waals surface area contributed by atoms with Crippen LogP contribution in [0.5, 0.6) is 0 Å². The fraction of sp³-hybridized carbons (Fsp3) is 0.182. The molecule has 0 fully saturated rings. The molecule has 0 amide bonds. The van der Waals surface area contributed by atoms with Gasteiger partial charge in [-0.25, -0.2) is 0 Å². The minimum atomic E-state index is 0.000805.